The van der Waals surface area contributed by atoms with Gasteiger partial charge in [-0.3, -0.25) is 14.2 Å². The number of hydrogen-bond donors (Lipinski definition) is 0. The van der Waals surface area contributed by atoms with E-state index in [1.807, 2.05) is 0 Å². The number of hydrogen-bond acceptors (Lipinski definition) is 8. The van der Waals surface area contributed by atoms with Crippen LogP contribution in [-0.2, 0) is 32.7 Å². The number of halogens is 1. The molecule has 0 aromatic carbocycles. The third-order valence-electron chi connectivity index (χ3n) is 8.44. The summed E-state index contributed by atoms with van der Waals surface area (Å²) in [6.07, 6.45) is 31.2. The molecule has 0 aliphatic rings. The van der Waals surface area contributed by atoms with Gasteiger partial charge in [-0.05, 0) is 12.8 Å². The van der Waals surface area contributed by atoms with E-state index in [4.69, 9.17) is 18.5 Å². The van der Waals surface area contributed by atoms with E-state index in [0.717, 1.165) is 32.1 Å². The highest BCUT2D eigenvalue weighted by molar-refractivity contribution is 9.09. The molecule has 0 saturated carbocycles. The van der Waals surface area contributed by atoms with E-state index in [2.05, 4.69) is 29.8 Å². The molecule has 0 saturated heterocycles. The molecule has 2 unspecified atom stereocenters. The summed E-state index contributed by atoms with van der Waals surface area (Å²) in [5.74, 6) is -0.831. The van der Waals surface area contributed by atoms with Crippen LogP contribution >= 0.6 is 23.8 Å². The molecule has 47 heavy (non-hydrogen) atoms. The van der Waals surface area contributed by atoms with Crippen molar-refractivity contribution in [2.45, 2.75) is 200 Å². The standard InChI is InChI=1S/C37H72BrO8P/c1-3-5-7-9-11-13-15-17-19-21-23-25-27-29-36(39)43-33-35(34-45-47(41,42)44-32-31-38)46-37(40)30-28-26-24-22-20-18-16-14-12-10-8-6-4-2/h35H,3-34H2,1-2H3,(H,41,42)/p-1. The van der Waals surface area contributed by atoms with Gasteiger partial charge in [0.1, 0.15) is 6.61 Å². The summed E-state index contributed by atoms with van der Waals surface area (Å²) in [4.78, 5) is 36.8. The molecule has 0 aromatic heterocycles. The minimum absolute atomic E-state index is 0.0710. The Morgan fingerprint density at radius 2 is 0.915 bits per heavy atom. The van der Waals surface area contributed by atoms with Crippen LogP contribution in [0.25, 0.3) is 0 Å². The van der Waals surface area contributed by atoms with E-state index < -0.39 is 26.5 Å². The van der Waals surface area contributed by atoms with Gasteiger partial charge in [-0.25, -0.2) is 0 Å². The topological polar surface area (TPSA) is 111 Å². The third-order valence-corrected chi connectivity index (χ3v) is 9.73. The summed E-state index contributed by atoms with van der Waals surface area (Å²) in [5, 5.41) is 0.330. The molecule has 0 spiro atoms. The Morgan fingerprint density at radius 1 is 0.553 bits per heavy atom. The van der Waals surface area contributed by atoms with Crippen LogP contribution in [0.5, 0.6) is 0 Å². The Bertz CT molecular complexity index is 754. The lowest BCUT2D eigenvalue weighted by Crippen LogP contribution is -2.30. The normalized spacial score (nSPS) is 13.4. The lowest BCUT2D eigenvalue weighted by Gasteiger charge is -2.25. The monoisotopic (exact) mass is 753 g/mol. The predicted octanol–water partition coefficient (Wildman–Crippen LogP) is 11.3. The molecule has 0 fully saturated rings. The van der Waals surface area contributed by atoms with E-state index in [0.29, 0.717) is 11.8 Å². The zero-order valence-electron chi connectivity index (χ0n) is 30.3. The van der Waals surface area contributed by atoms with Crippen molar-refractivity contribution < 1.29 is 37.6 Å². The fourth-order valence-electron chi connectivity index (χ4n) is 5.55. The third kappa shape index (κ3) is 35.2. The quantitative estimate of drug-likeness (QED) is 0.0267. The van der Waals surface area contributed by atoms with Crippen LogP contribution in [0.3, 0.4) is 0 Å². The first-order chi connectivity index (χ1) is 22.8. The number of carbonyl (C=O) groups excluding carboxylic acids is 2. The second kappa shape index (κ2) is 35.4. The second-order valence-electron chi connectivity index (χ2n) is 13.0. The average Bonchev–Trinajstić information content (AvgIpc) is 3.05. The molecule has 0 N–H and O–H groups in total. The minimum Gasteiger partial charge on any atom is -0.756 e. The highest BCUT2D eigenvalue weighted by Gasteiger charge is 2.21. The number of esters is 2. The Morgan fingerprint density at radius 3 is 1.30 bits per heavy atom. The number of ether oxygens (including phenoxy) is 2. The van der Waals surface area contributed by atoms with Crippen molar-refractivity contribution in [1.82, 2.24) is 0 Å². The Kier molecular flexibility index (Phi) is 35.0. The number of alkyl halides is 1. The van der Waals surface area contributed by atoms with Crippen LogP contribution in [0.4, 0.5) is 0 Å². The SMILES string of the molecule is CCCCCCCCCCCCCCCC(=O)OCC(COP(=O)([O-])OCCBr)OC(=O)CCCCCCCCCCCCCCC. The molecular formula is C37H71BrO8P-. The molecule has 8 nitrogen and oxygen atoms in total. The highest BCUT2D eigenvalue weighted by atomic mass is 79.9. The van der Waals surface area contributed by atoms with Gasteiger partial charge in [0.05, 0.1) is 13.2 Å². The van der Waals surface area contributed by atoms with Gasteiger partial charge in [0.2, 0.25) is 0 Å². The lowest BCUT2D eigenvalue weighted by molar-refractivity contribution is -0.227. The van der Waals surface area contributed by atoms with Crippen molar-refractivity contribution >= 4 is 35.7 Å². The highest BCUT2D eigenvalue weighted by Crippen LogP contribution is 2.38. The Hall–Kier alpha value is -0.470. The van der Waals surface area contributed by atoms with Gasteiger partial charge in [0.25, 0.3) is 7.82 Å². The molecule has 0 bridgehead atoms. The smallest absolute Gasteiger partial charge is 0.306 e. The number of unbranched alkanes of at least 4 members (excludes halogenated alkanes) is 24. The first-order valence-electron chi connectivity index (χ1n) is 19.4. The maximum atomic E-state index is 12.5. The first kappa shape index (κ1) is 46.5. The summed E-state index contributed by atoms with van der Waals surface area (Å²) in [6, 6.07) is 0. The zero-order chi connectivity index (χ0) is 34.7. The van der Waals surface area contributed by atoms with Gasteiger partial charge in [-0.15, -0.1) is 0 Å². The largest absolute Gasteiger partial charge is 0.756 e. The van der Waals surface area contributed by atoms with E-state index >= 15 is 0 Å². The summed E-state index contributed by atoms with van der Waals surface area (Å²) >= 11 is 3.11. The molecular weight excluding hydrogens is 683 g/mol. The van der Waals surface area contributed by atoms with Crippen LogP contribution in [0.2, 0.25) is 0 Å². The fourth-order valence-corrected chi connectivity index (χ4v) is 6.70. The number of rotatable bonds is 37. The summed E-state index contributed by atoms with van der Waals surface area (Å²) in [7, 11) is -4.56. The van der Waals surface area contributed by atoms with Gasteiger partial charge in [-0.2, -0.15) is 0 Å². The van der Waals surface area contributed by atoms with Crippen LogP contribution in [-0.4, -0.2) is 43.2 Å². The Labute approximate surface area is 297 Å². The minimum atomic E-state index is -4.56. The number of carbonyl (C=O) groups is 2. The van der Waals surface area contributed by atoms with Gasteiger partial charge in [-0.1, -0.05) is 184 Å². The van der Waals surface area contributed by atoms with Crippen molar-refractivity contribution in [3.8, 4) is 0 Å². The van der Waals surface area contributed by atoms with E-state index in [1.54, 1.807) is 0 Å². The molecule has 2 atom stereocenters. The van der Waals surface area contributed by atoms with Crippen molar-refractivity contribution in [2.75, 3.05) is 25.2 Å². The van der Waals surface area contributed by atoms with Crippen molar-refractivity contribution in [3.05, 3.63) is 0 Å². The zero-order valence-corrected chi connectivity index (χ0v) is 32.8. The van der Waals surface area contributed by atoms with Gasteiger partial charge in [0.15, 0.2) is 6.10 Å². The summed E-state index contributed by atoms with van der Waals surface area (Å²) in [6.45, 7) is 3.71. The maximum absolute atomic E-state index is 12.5. The summed E-state index contributed by atoms with van der Waals surface area (Å²) < 4.78 is 32.4. The molecule has 0 heterocycles. The van der Waals surface area contributed by atoms with Gasteiger partial charge >= 0.3 is 11.9 Å². The predicted molar refractivity (Wildman–Crippen MR) is 195 cm³/mol. The number of phosphoric ester groups is 1. The maximum Gasteiger partial charge on any atom is 0.306 e. The van der Waals surface area contributed by atoms with E-state index in [9.17, 15) is 19.0 Å². The fraction of sp³-hybridized carbons (Fsp3) is 0.946. The van der Waals surface area contributed by atoms with Crippen molar-refractivity contribution in [2.24, 2.45) is 0 Å². The molecule has 0 aliphatic heterocycles. The molecule has 280 valence electrons. The summed E-state index contributed by atoms with van der Waals surface area (Å²) in [5.41, 5.74) is 0. The van der Waals surface area contributed by atoms with Crippen LogP contribution in [0.1, 0.15) is 194 Å². The molecule has 0 aromatic rings. The average molecular weight is 755 g/mol. The van der Waals surface area contributed by atoms with Crippen LogP contribution < -0.4 is 4.89 Å². The first-order valence-corrected chi connectivity index (χ1v) is 21.9. The van der Waals surface area contributed by atoms with Gasteiger partial charge < -0.3 is 23.4 Å². The van der Waals surface area contributed by atoms with Gasteiger partial charge in [0, 0.05) is 18.2 Å². The number of phosphoric acid groups is 1. The van der Waals surface area contributed by atoms with Crippen LogP contribution in [0, 0.1) is 0 Å². The second-order valence-corrected chi connectivity index (χ2v) is 15.2. The van der Waals surface area contributed by atoms with Crippen molar-refractivity contribution in [1.29, 1.82) is 0 Å². The van der Waals surface area contributed by atoms with E-state index in [1.165, 1.54) is 128 Å². The molecule has 0 radical (unpaired) electrons. The lowest BCUT2D eigenvalue weighted by atomic mass is 10.0. The van der Waals surface area contributed by atoms with E-state index in [-0.39, 0.29) is 32.0 Å². The molecule has 0 amide bonds. The Balaban J connectivity index is 4.18. The van der Waals surface area contributed by atoms with Crippen LogP contribution in [0.15, 0.2) is 0 Å². The molecule has 0 rings (SSSR count). The molecule has 0 aliphatic carbocycles. The molecule has 10 heteroatoms. The van der Waals surface area contributed by atoms with Crippen molar-refractivity contribution in [3.63, 3.8) is 0 Å².